The Kier molecular flexibility index (Phi) is 2.44. The van der Waals surface area contributed by atoms with Crippen LogP contribution in [0.1, 0.15) is 13.8 Å². The van der Waals surface area contributed by atoms with Crippen LogP contribution < -0.4 is 5.73 Å². The van der Waals surface area contributed by atoms with Gasteiger partial charge in [-0.1, -0.05) is 0 Å². The molecule has 0 aromatic rings. The van der Waals surface area contributed by atoms with Crippen LogP contribution in [0.3, 0.4) is 0 Å². The number of rotatable bonds is 2. The van der Waals surface area contributed by atoms with Gasteiger partial charge in [0.1, 0.15) is 0 Å². The van der Waals surface area contributed by atoms with Gasteiger partial charge in [0, 0.05) is 0 Å². The van der Waals surface area contributed by atoms with E-state index in [0.717, 1.165) is 0 Å². The molecule has 0 aliphatic carbocycles. The van der Waals surface area contributed by atoms with Crippen molar-refractivity contribution < 1.29 is 4.79 Å². The van der Waals surface area contributed by atoms with Crippen LogP contribution >= 0.6 is 11.6 Å². The van der Waals surface area contributed by atoms with Crippen LogP contribution in [0.25, 0.3) is 0 Å². The number of hydrogen-bond donors (Lipinski definition) is 1. The zero-order valence-corrected chi connectivity index (χ0v) is 5.83. The quantitative estimate of drug-likeness (QED) is 0.562. The van der Waals surface area contributed by atoms with Gasteiger partial charge in [-0.25, -0.2) is 0 Å². The second-order valence-electron chi connectivity index (χ2n) is 2.28. The van der Waals surface area contributed by atoms with E-state index in [1.807, 2.05) is 0 Å². The van der Waals surface area contributed by atoms with Gasteiger partial charge in [0.25, 0.3) is 0 Å². The van der Waals surface area contributed by atoms with E-state index in [1.54, 1.807) is 13.8 Å². The first-order valence-corrected chi connectivity index (χ1v) is 2.90. The number of hydrogen-bond acceptors (Lipinski definition) is 2. The Bertz CT molecular complexity index is 95.1. The Hall–Kier alpha value is -0.0800. The fraction of sp³-hybridized carbons (Fsp3) is 0.800. The maximum Gasteiger partial charge on any atom is 0.166 e. The van der Waals surface area contributed by atoms with Crippen LogP contribution in [0.4, 0.5) is 0 Å². The summed E-state index contributed by atoms with van der Waals surface area (Å²) in [6, 6.07) is 0. The van der Waals surface area contributed by atoms with Crippen molar-refractivity contribution in [3.63, 3.8) is 0 Å². The number of carbonyl (C=O) groups excluding carboxylic acids is 1. The molecule has 0 bridgehead atoms. The second-order valence-corrected chi connectivity index (χ2v) is 2.55. The Morgan fingerprint density at radius 2 is 2.12 bits per heavy atom. The molecule has 2 N–H and O–H groups in total. The molecular weight excluding hydrogens is 126 g/mol. The summed E-state index contributed by atoms with van der Waals surface area (Å²) in [5.74, 6) is -0.122. The maximum absolute atomic E-state index is 10.6. The molecule has 0 heterocycles. The highest BCUT2D eigenvalue weighted by molar-refractivity contribution is 6.28. The van der Waals surface area contributed by atoms with Crippen LogP contribution in [0.5, 0.6) is 0 Å². The number of alkyl halides is 1. The van der Waals surface area contributed by atoms with Crippen molar-refractivity contribution >= 4 is 17.4 Å². The van der Waals surface area contributed by atoms with Crippen LogP contribution in [-0.4, -0.2) is 17.2 Å². The van der Waals surface area contributed by atoms with Crippen molar-refractivity contribution in [2.75, 3.05) is 5.88 Å². The lowest BCUT2D eigenvalue weighted by molar-refractivity contribution is -0.120. The normalized spacial score (nSPS) is 11.5. The van der Waals surface area contributed by atoms with E-state index >= 15 is 0 Å². The van der Waals surface area contributed by atoms with Gasteiger partial charge in [0.05, 0.1) is 11.4 Å². The molecule has 3 heteroatoms. The zero-order chi connectivity index (χ0) is 6.78. The lowest BCUT2D eigenvalue weighted by Crippen LogP contribution is -2.42. The molecule has 0 aromatic heterocycles. The largest absolute Gasteiger partial charge is 0.319 e. The molecule has 0 rings (SSSR count). The minimum absolute atomic E-state index is 0.00347. The molecule has 0 aliphatic rings. The maximum atomic E-state index is 10.6. The average molecular weight is 136 g/mol. The van der Waals surface area contributed by atoms with Gasteiger partial charge in [-0.3, -0.25) is 4.79 Å². The molecule has 0 atom stereocenters. The van der Waals surface area contributed by atoms with Gasteiger partial charge in [-0.15, -0.1) is 11.6 Å². The third-order valence-corrected chi connectivity index (χ3v) is 1.08. The highest BCUT2D eigenvalue weighted by Gasteiger charge is 2.19. The van der Waals surface area contributed by atoms with E-state index in [0.29, 0.717) is 0 Å². The molecule has 48 valence electrons. The number of halogens is 1. The molecule has 0 amide bonds. The Labute approximate surface area is 54.0 Å². The molecule has 0 saturated carbocycles. The summed E-state index contributed by atoms with van der Waals surface area (Å²) in [7, 11) is 0. The van der Waals surface area contributed by atoms with Gasteiger partial charge in [-0.05, 0) is 13.8 Å². The van der Waals surface area contributed by atoms with Crippen molar-refractivity contribution in [1.29, 1.82) is 0 Å². The Morgan fingerprint density at radius 3 is 2.12 bits per heavy atom. The van der Waals surface area contributed by atoms with Crippen LogP contribution in [0.2, 0.25) is 0 Å². The minimum Gasteiger partial charge on any atom is -0.319 e. The summed E-state index contributed by atoms with van der Waals surface area (Å²) in [4.78, 5) is 10.6. The van der Waals surface area contributed by atoms with Gasteiger partial charge < -0.3 is 5.73 Å². The molecule has 0 radical (unpaired) electrons. The SMILES string of the molecule is CC(C)(N)C(=O)CCl. The van der Waals surface area contributed by atoms with E-state index in [4.69, 9.17) is 17.3 Å². The molecule has 8 heavy (non-hydrogen) atoms. The second kappa shape index (κ2) is 2.46. The lowest BCUT2D eigenvalue weighted by atomic mass is 10.0. The predicted octanol–water partition coefficient (Wildman–Crippen LogP) is 0.532. The predicted molar refractivity (Wildman–Crippen MR) is 34.0 cm³/mol. The highest BCUT2D eigenvalue weighted by Crippen LogP contribution is 1.98. The van der Waals surface area contributed by atoms with E-state index in [-0.39, 0.29) is 11.7 Å². The van der Waals surface area contributed by atoms with Gasteiger partial charge >= 0.3 is 0 Å². The molecule has 0 aromatic carbocycles. The molecule has 0 aliphatic heterocycles. The highest BCUT2D eigenvalue weighted by atomic mass is 35.5. The molecule has 0 fully saturated rings. The average Bonchev–Trinajstić information content (AvgIpc) is 1.62. The first kappa shape index (κ1) is 7.92. The van der Waals surface area contributed by atoms with E-state index < -0.39 is 5.54 Å². The summed E-state index contributed by atoms with van der Waals surface area (Å²) in [5, 5.41) is 0. The summed E-state index contributed by atoms with van der Waals surface area (Å²) in [5.41, 5.74) is 4.59. The Morgan fingerprint density at radius 1 is 1.75 bits per heavy atom. The molecular formula is C5H10ClNO. The Balaban J connectivity index is 3.82. The van der Waals surface area contributed by atoms with Crippen LogP contribution in [0.15, 0.2) is 0 Å². The molecule has 2 nitrogen and oxygen atoms in total. The zero-order valence-electron chi connectivity index (χ0n) is 5.07. The summed E-state index contributed by atoms with van der Waals surface area (Å²) in [6.45, 7) is 3.27. The standard InChI is InChI=1S/C5H10ClNO/c1-5(2,7)4(8)3-6/h3,7H2,1-2H3. The molecule has 0 saturated heterocycles. The van der Waals surface area contributed by atoms with Gasteiger partial charge in [-0.2, -0.15) is 0 Å². The number of ketones is 1. The van der Waals surface area contributed by atoms with Crippen LogP contribution in [-0.2, 0) is 4.79 Å². The summed E-state index contributed by atoms with van der Waals surface area (Å²) >= 11 is 5.21. The van der Waals surface area contributed by atoms with Crippen molar-refractivity contribution in [3.8, 4) is 0 Å². The monoisotopic (exact) mass is 135 g/mol. The van der Waals surface area contributed by atoms with Crippen LogP contribution in [0, 0.1) is 0 Å². The molecule has 0 unspecified atom stereocenters. The summed E-state index contributed by atoms with van der Waals surface area (Å²) in [6.07, 6.45) is 0. The van der Waals surface area contributed by atoms with E-state index in [1.165, 1.54) is 0 Å². The van der Waals surface area contributed by atoms with Gasteiger partial charge in [0.2, 0.25) is 0 Å². The topological polar surface area (TPSA) is 43.1 Å². The van der Waals surface area contributed by atoms with Crippen molar-refractivity contribution in [1.82, 2.24) is 0 Å². The fourth-order valence-corrected chi connectivity index (χ4v) is 0.517. The van der Waals surface area contributed by atoms with Crippen molar-refractivity contribution in [3.05, 3.63) is 0 Å². The fourth-order valence-electron chi connectivity index (χ4n) is 0.172. The van der Waals surface area contributed by atoms with E-state index in [9.17, 15) is 4.79 Å². The number of carbonyl (C=O) groups is 1. The van der Waals surface area contributed by atoms with E-state index in [2.05, 4.69) is 0 Å². The number of nitrogens with two attached hydrogens (primary N) is 1. The third kappa shape index (κ3) is 2.28. The summed E-state index contributed by atoms with van der Waals surface area (Å²) < 4.78 is 0. The molecule has 0 spiro atoms. The first-order chi connectivity index (χ1) is 3.48. The minimum atomic E-state index is -0.762. The van der Waals surface area contributed by atoms with Crippen molar-refractivity contribution in [2.24, 2.45) is 5.73 Å². The number of Topliss-reactive ketones (excluding diaryl/α,β-unsaturated/α-hetero) is 1. The first-order valence-electron chi connectivity index (χ1n) is 2.36. The lowest BCUT2D eigenvalue weighted by Gasteiger charge is -2.13. The van der Waals surface area contributed by atoms with Crippen molar-refractivity contribution in [2.45, 2.75) is 19.4 Å². The smallest absolute Gasteiger partial charge is 0.166 e. The third-order valence-electron chi connectivity index (χ3n) is 0.840. The van der Waals surface area contributed by atoms with Gasteiger partial charge in [0.15, 0.2) is 5.78 Å².